The molecule has 0 amide bonds. The van der Waals surface area contributed by atoms with Crippen molar-refractivity contribution in [1.29, 1.82) is 0 Å². The molecule has 1 aromatic heterocycles. The number of carboxylic acid groups (broad SMARTS) is 1. The third-order valence-electron chi connectivity index (χ3n) is 4.26. The van der Waals surface area contributed by atoms with Crippen LogP contribution in [0.4, 0.5) is 0 Å². The molecule has 0 saturated carbocycles. The van der Waals surface area contributed by atoms with Crippen LogP contribution in [0.25, 0.3) is 11.0 Å². The van der Waals surface area contributed by atoms with Gasteiger partial charge in [0, 0.05) is 13.0 Å². The molecular weight excluding hydrogens is 268 g/mol. The summed E-state index contributed by atoms with van der Waals surface area (Å²) in [6.07, 6.45) is 2.80. The first-order valence-corrected chi connectivity index (χ1v) is 7.38. The summed E-state index contributed by atoms with van der Waals surface area (Å²) in [6.45, 7) is 5.65. The molecule has 21 heavy (non-hydrogen) atoms. The van der Waals surface area contributed by atoms with Crippen LogP contribution in [0.2, 0.25) is 0 Å². The Kier molecular flexibility index (Phi) is 3.45. The number of carboxylic acids is 1. The zero-order chi connectivity index (χ0) is 15.0. The first-order chi connectivity index (χ1) is 10.1. The molecule has 112 valence electrons. The number of benzene rings is 1. The molecule has 0 bridgehead atoms. The van der Waals surface area contributed by atoms with Gasteiger partial charge in [0.25, 0.3) is 0 Å². The Bertz CT molecular complexity index is 684. The zero-order valence-corrected chi connectivity index (χ0v) is 12.4. The van der Waals surface area contributed by atoms with Crippen LogP contribution in [-0.2, 0) is 16.7 Å². The molecule has 1 aromatic carbocycles. The number of rotatable bonds is 3. The van der Waals surface area contributed by atoms with Crippen molar-refractivity contribution in [3.8, 4) is 0 Å². The minimum Gasteiger partial charge on any atom is -0.478 e. The van der Waals surface area contributed by atoms with E-state index in [0.29, 0.717) is 12.1 Å². The topological polar surface area (TPSA) is 64.3 Å². The summed E-state index contributed by atoms with van der Waals surface area (Å²) in [4.78, 5) is 16.0. The Morgan fingerprint density at radius 3 is 2.95 bits per heavy atom. The lowest BCUT2D eigenvalue weighted by Gasteiger charge is -2.36. The van der Waals surface area contributed by atoms with Crippen LogP contribution in [-0.4, -0.2) is 33.8 Å². The number of hydrogen-bond donors (Lipinski definition) is 1. The average molecular weight is 288 g/mol. The average Bonchev–Trinajstić information content (AvgIpc) is 2.86. The highest BCUT2D eigenvalue weighted by atomic mass is 16.5. The molecule has 2 aromatic rings. The highest BCUT2D eigenvalue weighted by Crippen LogP contribution is 2.33. The Morgan fingerprint density at radius 2 is 2.33 bits per heavy atom. The number of hydrogen-bond acceptors (Lipinski definition) is 3. The molecule has 1 fully saturated rings. The number of para-hydroxylation sites is 1. The van der Waals surface area contributed by atoms with Gasteiger partial charge in [0.1, 0.15) is 11.3 Å². The molecule has 1 aliphatic rings. The van der Waals surface area contributed by atoms with E-state index >= 15 is 0 Å². The highest BCUT2D eigenvalue weighted by Gasteiger charge is 2.33. The van der Waals surface area contributed by atoms with Gasteiger partial charge in [-0.05, 0) is 31.9 Å². The van der Waals surface area contributed by atoms with E-state index in [4.69, 9.17) is 4.74 Å². The summed E-state index contributed by atoms with van der Waals surface area (Å²) < 4.78 is 7.86. The number of aromatic carboxylic acids is 1. The highest BCUT2D eigenvalue weighted by molar-refractivity contribution is 6.01. The van der Waals surface area contributed by atoms with Crippen molar-refractivity contribution in [3.05, 3.63) is 29.6 Å². The molecule has 1 N–H and O–H groups in total. The van der Waals surface area contributed by atoms with Gasteiger partial charge >= 0.3 is 5.97 Å². The molecule has 0 radical (unpaired) electrons. The third kappa shape index (κ3) is 2.21. The molecule has 1 unspecified atom stereocenters. The van der Waals surface area contributed by atoms with Crippen molar-refractivity contribution >= 4 is 17.0 Å². The smallest absolute Gasteiger partial charge is 0.337 e. The van der Waals surface area contributed by atoms with E-state index < -0.39 is 5.97 Å². The first kappa shape index (κ1) is 14.1. The van der Waals surface area contributed by atoms with Crippen LogP contribution < -0.4 is 0 Å². The fourth-order valence-electron chi connectivity index (χ4n) is 3.26. The van der Waals surface area contributed by atoms with Crippen molar-refractivity contribution in [2.45, 2.75) is 38.6 Å². The maximum atomic E-state index is 11.4. The predicted octanol–water partition coefficient (Wildman–Crippen LogP) is 2.82. The fourth-order valence-corrected chi connectivity index (χ4v) is 3.26. The fraction of sp³-hybridized carbons (Fsp3) is 0.500. The summed E-state index contributed by atoms with van der Waals surface area (Å²) in [5, 5.41) is 9.36. The van der Waals surface area contributed by atoms with E-state index in [1.807, 2.05) is 13.0 Å². The minimum absolute atomic E-state index is 0.157. The van der Waals surface area contributed by atoms with Gasteiger partial charge in [-0.3, -0.25) is 0 Å². The largest absolute Gasteiger partial charge is 0.478 e. The Hall–Kier alpha value is -1.88. The number of imidazole rings is 1. The number of nitrogens with zero attached hydrogens (tertiary/aromatic N) is 2. The van der Waals surface area contributed by atoms with Crippen LogP contribution in [0.15, 0.2) is 18.2 Å². The van der Waals surface area contributed by atoms with E-state index in [1.165, 1.54) is 0 Å². The van der Waals surface area contributed by atoms with Crippen LogP contribution in [0.5, 0.6) is 0 Å². The Labute approximate surface area is 123 Å². The summed E-state index contributed by atoms with van der Waals surface area (Å²) in [5.41, 5.74) is 1.57. The molecule has 0 aliphatic carbocycles. The molecule has 1 saturated heterocycles. The van der Waals surface area contributed by atoms with Crippen molar-refractivity contribution in [1.82, 2.24) is 9.55 Å². The summed E-state index contributed by atoms with van der Waals surface area (Å²) in [6, 6.07) is 5.35. The quantitative estimate of drug-likeness (QED) is 0.943. The SMILES string of the molecule is CCc1nc2c(C(=O)O)cccc2n1C1(C)CCCOC1. The molecule has 1 aliphatic heterocycles. The first-order valence-electron chi connectivity index (χ1n) is 7.38. The summed E-state index contributed by atoms with van der Waals surface area (Å²) >= 11 is 0. The van der Waals surface area contributed by atoms with Crippen molar-refractivity contribution in [2.24, 2.45) is 0 Å². The lowest BCUT2D eigenvalue weighted by molar-refractivity contribution is 0.0102. The van der Waals surface area contributed by atoms with Gasteiger partial charge in [-0.25, -0.2) is 9.78 Å². The van der Waals surface area contributed by atoms with Crippen molar-refractivity contribution in [2.75, 3.05) is 13.2 Å². The maximum absolute atomic E-state index is 11.4. The number of fused-ring (bicyclic) bond motifs is 1. The van der Waals surface area contributed by atoms with Gasteiger partial charge in [-0.2, -0.15) is 0 Å². The van der Waals surface area contributed by atoms with Crippen molar-refractivity contribution in [3.63, 3.8) is 0 Å². The number of carbonyl (C=O) groups is 1. The van der Waals surface area contributed by atoms with Gasteiger partial charge < -0.3 is 14.4 Å². The van der Waals surface area contributed by atoms with Crippen LogP contribution in [0.3, 0.4) is 0 Å². The molecule has 5 nitrogen and oxygen atoms in total. The lowest BCUT2D eigenvalue weighted by atomic mass is 9.93. The normalized spacial score (nSPS) is 22.6. The molecular formula is C16H20N2O3. The van der Waals surface area contributed by atoms with Crippen LogP contribution in [0.1, 0.15) is 42.9 Å². The molecule has 5 heteroatoms. The molecule has 1 atom stereocenters. The number of ether oxygens (including phenoxy) is 1. The monoisotopic (exact) mass is 288 g/mol. The number of aromatic nitrogens is 2. The molecule has 3 rings (SSSR count). The lowest BCUT2D eigenvalue weighted by Crippen LogP contribution is -2.39. The van der Waals surface area contributed by atoms with E-state index in [1.54, 1.807) is 12.1 Å². The molecule has 0 spiro atoms. The van der Waals surface area contributed by atoms with Gasteiger partial charge in [-0.1, -0.05) is 13.0 Å². The maximum Gasteiger partial charge on any atom is 0.337 e. The van der Waals surface area contributed by atoms with E-state index in [0.717, 1.165) is 37.2 Å². The Morgan fingerprint density at radius 1 is 1.52 bits per heavy atom. The second kappa shape index (κ2) is 5.15. The second-order valence-corrected chi connectivity index (χ2v) is 5.85. The van der Waals surface area contributed by atoms with Gasteiger partial charge in [0.05, 0.1) is 23.2 Å². The predicted molar refractivity (Wildman–Crippen MR) is 79.8 cm³/mol. The van der Waals surface area contributed by atoms with Gasteiger partial charge in [0.2, 0.25) is 0 Å². The second-order valence-electron chi connectivity index (χ2n) is 5.85. The van der Waals surface area contributed by atoms with E-state index in [9.17, 15) is 9.90 Å². The van der Waals surface area contributed by atoms with E-state index in [2.05, 4.69) is 16.5 Å². The number of aryl methyl sites for hydroxylation is 1. The zero-order valence-electron chi connectivity index (χ0n) is 12.4. The summed E-state index contributed by atoms with van der Waals surface area (Å²) in [7, 11) is 0. The van der Waals surface area contributed by atoms with Crippen molar-refractivity contribution < 1.29 is 14.6 Å². The summed E-state index contributed by atoms with van der Waals surface area (Å²) in [5.74, 6) is -0.00958. The van der Waals surface area contributed by atoms with Crippen LogP contribution in [0, 0.1) is 0 Å². The molecule has 2 heterocycles. The standard InChI is InChI=1S/C16H20N2O3/c1-3-13-17-14-11(15(19)20)6-4-7-12(14)18(13)16(2)8-5-9-21-10-16/h4,6-7H,3,5,8-10H2,1-2H3,(H,19,20). The van der Waals surface area contributed by atoms with Gasteiger partial charge in [0.15, 0.2) is 0 Å². The van der Waals surface area contributed by atoms with E-state index in [-0.39, 0.29) is 11.1 Å². The van der Waals surface area contributed by atoms with Crippen LogP contribution >= 0.6 is 0 Å². The third-order valence-corrected chi connectivity index (χ3v) is 4.26. The minimum atomic E-state index is -0.932. The Balaban J connectivity index is 2.26. The van der Waals surface area contributed by atoms with Gasteiger partial charge in [-0.15, -0.1) is 0 Å².